The molecule has 0 heterocycles. The van der Waals surface area contributed by atoms with Crippen LogP contribution in [-0.2, 0) is 10.0 Å². The summed E-state index contributed by atoms with van der Waals surface area (Å²) in [5, 5.41) is 0. The van der Waals surface area contributed by atoms with Gasteiger partial charge in [-0.3, -0.25) is 4.72 Å². The second-order valence-corrected chi connectivity index (χ2v) is 6.45. The summed E-state index contributed by atoms with van der Waals surface area (Å²) < 4.78 is 53.6. The highest BCUT2D eigenvalue weighted by atomic mass is 32.2. The van der Waals surface area contributed by atoms with Crippen LogP contribution >= 0.6 is 0 Å². The van der Waals surface area contributed by atoms with Gasteiger partial charge in [0.2, 0.25) is 0 Å². The number of hydrogen-bond acceptors (Lipinski definition) is 3. The predicted octanol–water partition coefficient (Wildman–Crippen LogP) is 2.96. The lowest BCUT2D eigenvalue weighted by atomic mass is 10.2. The van der Waals surface area contributed by atoms with E-state index in [0.29, 0.717) is 5.56 Å². The largest absolute Gasteiger partial charge is 0.399 e. The zero-order chi connectivity index (χ0) is 15.8. The first-order chi connectivity index (χ1) is 9.69. The molecule has 2 aromatic carbocycles. The Balaban J connectivity index is 2.44. The highest BCUT2D eigenvalue weighted by Gasteiger charge is 2.18. The highest BCUT2D eigenvalue weighted by Crippen LogP contribution is 2.23. The van der Waals surface area contributed by atoms with Crippen LogP contribution in [-0.4, -0.2) is 8.42 Å². The second-order valence-electron chi connectivity index (χ2n) is 4.77. The van der Waals surface area contributed by atoms with Gasteiger partial charge in [0.1, 0.15) is 11.6 Å². The summed E-state index contributed by atoms with van der Waals surface area (Å²) in [6, 6.07) is 5.98. The van der Waals surface area contributed by atoms with Crippen LogP contribution in [0.15, 0.2) is 35.2 Å². The van der Waals surface area contributed by atoms with Crippen molar-refractivity contribution in [3.63, 3.8) is 0 Å². The zero-order valence-electron chi connectivity index (χ0n) is 11.4. The van der Waals surface area contributed by atoms with E-state index in [-0.39, 0.29) is 16.1 Å². The van der Waals surface area contributed by atoms with E-state index >= 15 is 0 Å². The van der Waals surface area contributed by atoms with Crippen molar-refractivity contribution < 1.29 is 17.2 Å². The van der Waals surface area contributed by atoms with Crippen LogP contribution < -0.4 is 10.5 Å². The summed E-state index contributed by atoms with van der Waals surface area (Å²) in [4.78, 5) is -0.111. The lowest BCUT2D eigenvalue weighted by Crippen LogP contribution is -2.15. The monoisotopic (exact) mass is 312 g/mol. The molecule has 0 radical (unpaired) electrons. The van der Waals surface area contributed by atoms with Crippen molar-refractivity contribution in [1.82, 2.24) is 0 Å². The number of sulfonamides is 1. The number of halogens is 2. The first kappa shape index (κ1) is 15.2. The lowest BCUT2D eigenvalue weighted by molar-refractivity contribution is 0.590. The number of nitrogens with one attached hydrogen (secondary N) is 1. The smallest absolute Gasteiger partial charge is 0.262 e. The Labute approximate surface area is 121 Å². The van der Waals surface area contributed by atoms with Crippen molar-refractivity contribution in [3.8, 4) is 0 Å². The fourth-order valence-electron chi connectivity index (χ4n) is 1.86. The maximum atomic E-state index is 13.7. The number of anilines is 2. The molecule has 7 heteroatoms. The molecule has 2 aromatic rings. The zero-order valence-corrected chi connectivity index (χ0v) is 12.3. The van der Waals surface area contributed by atoms with Gasteiger partial charge in [-0.25, -0.2) is 17.2 Å². The fraction of sp³-hybridized carbons (Fsp3) is 0.143. The highest BCUT2D eigenvalue weighted by molar-refractivity contribution is 7.92. The molecule has 0 saturated heterocycles. The van der Waals surface area contributed by atoms with Crippen molar-refractivity contribution in [2.24, 2.45) is 0 Å². The molecule has 21 heavy (non-hydrogen) atoms. The molecule has 3 N–H and O–H groups in total. The summed E-state index contributed by atoms with van der Waals surface area (Å²) in [5.41, 5.74) is 6.16. The van der Waals surface area contributed by atoms with Gasteiger partial charge in [-0.05, 0) is 49.2 Å². The molecular weight excluding hydrogens is 298 g/mol. The van der Waals surface area contributed by atoms with E-state index in [9.17, 15) is 17.2 Å². The third-order valence-corrected chi connectivity index (χ3v) is 4.22. The van der Waals surface area contributed by atoms with E-state index in [2.05, 4.69) is 0 Å². The molecule has 0 spiro atoms. The topological polar surface area (TPSA) is 72.2 Å². The molecule has 0 atom stereocenters. The standard InChI is InChI=1S/C14H14F2N2O2S/c1-8-3-10(17)6-11(4-8)21(19,20)18-14-7-12(15)9(2)5-13(14)16/h3-7,18H,17H2,1-2H3. The van der Waals surface area contributed by atoms with Crippen molar-refractivity contribution in [1.29, 1.82) is 0 Å². The maximum absolute atomic E-state index is 13.7. The molecule has 4 nitrogen and oxygen atoms in total. The van der Waals surface area contributed by atoms with E-state index in [1.54, 1.807) is 13.0 Å². The van der Waals surface area contributed by atoms with Crippen molar-refractivity contribution in [2.75, 3.05) is 10.5 Å². The molecule has 0 bridgehead atoms. The quantitative estimate of drug-likeness (QED) is 0.856. The third-order valence-electron chi connectivity index (χ3n) is 2.88. The first-order valence-electron chi connectivity index (χ1n) is 6.04. The van der Waals surface area contributed by atoms with Gasteiger partial charge >= 0.3 is 0 Å². The molecule has 0 saturated carbocycles. The molecule has 112 valence electrons. The minimum Gasteiger partial charge on any atom is -0.399 e. The van der Waals surface area contributed by atoms with Gasteiger partial charge in [0.15, 0.2) is 0 Å². The van der Waals surface area contributed by atoms with Crippen molar-refractivity contribution in [3.05, 3.63) is 53.1 Å². The molecule has 0 aliphatic carbocycles. The minimum absolute atomic E-state index is 0.0928. The number of hydrogen-bond donors (Lipinski definition) is 2. The summed E-state index contributed by atoms with van der Waals surface area (Å²) in [5.74, 6) is -1.55. The first-order valence-corrected chi connectivity index (χ1v) is 7.53. The Hall–Kier alpha value is -2.15. The number of benzene rings is 2. The molecule has 0 amide bonds. The van der Waals surface area contributed by atoms with Gasteiger partial charge in [0.05, 0.1) is 10.6 Å². The minimum atomic E-state index is -4.05. The molecule has 0 aliphatic rings. The van der Waals surface area contributed by atoms with E-state index < -0.39 is 27.3 Å². The van der Waals surface area contributed by atoms with Gasteiger partial charge < -0.3 is 5.73 Å². The Kier molecular flexibility index (Phi) is 3.87. The predicted molar refractivity (Wildman–Crippen MR) is 77.5 cm³/mol. The average Bonchev–Trinajstić information content (AvgIpc) is 2.34. The lowest BCUT2D eigenvalue weighted by Gasteiger charge is -2.11. The summed E-state index contributed by atoms with van der Waals surface area (Å²) in [7, 11) is -4.05. The van der Waals surface area contributed by atoms with E-state index in [1.807, 2.05) is 4.72 Å². The second kappa shape index (κ2) is 5.33. The van der Waals surface area contributed by atoms with Gasteiger partial charge in [-0.1, -0.05) is 0 Å². The molecule has 2 rings (SSSR count). The third kappa shape index (κ3) is 3.30. The maximum Gasteiger partial charge on any atom is 0.262 e. The summed E-state index contributed by atoms with van der Waals surface area (Å²) in [6.07, 6.45) is 0. The normalized spacial score (nSPS) is 11.4. The van der Waals surface area contributed by atoms with Gasteiger partial charge in [0.25, 0.3) is 10.0 Å². The molecule has 0 unspecified atom stereocenters. The van der Waals surface area contributed by atoms with Crippen LogP contribution in [0.25, 0.3) is 0 Å². The van der Waals surface area contributed by atoms with Crippen LogP contribution in [0.1, 0.15) is 11.1 Å². The number of rotatable bonds is 3. The van der Waals surface area contributed by atoms with Gasteiger partial charge in [0, 0.05) is 11.8 Å². The molecule has 0 aromatic heterocycles. The average molecular weight is 312 g/mol. The van der Waals surface area contributed by atoms with Crippen molar-refractivity contribution >= 4 is 21.4 Å². The van der Waals surface area contributed by atoms with Crippen molar-refractivity contribution in [2.45, 2.75) is 18.7 Å². The van der Waals surface area contributed by atoms with Crippen LogP contribution in [0, 0.1) is 25.5 Å². The van der Waals surface area contributed by atoms with E-state index in [4.69, 9.17) is 5.73 Å². The Morgan fingerprint density at radius 3 is 2.29 bits per heavy atom. The fourth-order valence-corrected chi connectivity index (χ4v) is 3.06. The number of aryl methyl sites for hydroxylation is 2. The number of nitrogen functional groups attached to an aromatic ring is 1. The van der Waals surface area contributed by atoms with E-state index in [0.717, 1.165) is 12.1 Å². The van der Waals surface area contributed by atoms with Gasteiger partial charge in [-0.15, -0.1) is 0 Å². The SMILES string of the molecule is Cc1cc(N)cc(S(=O)(=O)Nc2cc(F)c(C)cc2F)c1. The Morgan fingerprint density at radius 1 is 1.00 bits per heavy atom. The molecular formula is C14H14F2N2O2S. The Bertz CT molecular complexity index is 785. The molecule has 0 fully saturated rings. The van der Waals surface area contributed by atoms with Crippen LogP contribution in [0.2, 0.25) is 0 Å². The number of nitrogens with two attached hydrogens (primary N) is 1. The summed E-state index contributed by atoms with van der Waals surface area (Å²) in [6.45, 7) is 3.07. The summed E-state index contributed by atoms with van der Waals surface area (Å²) >= 11 is 0. The van der Waals surface area contributed by atoms with Crippen LogP contribution in [0.5, 0.6) is 0 Å². The Morgan fingerprint density at radius 2 is 1.67 bits per heavy atom. The van der Waals surface area contributed by atoms with E-state index in [1.165, 1.54) is 19.1 Å². The van der Waals surface area contributed by atoms with Crippen LogP contribution in [0.4, 0.5) is 20.2 Å². The van der Waals surface area contributed by atoms with Crippen LogP contribution in [0.3, 0.4) is 0 Å². The molecule has 0 aliphatic heterocycles. The van der Waals surface area contributed by atoms with Gasteiger partial charge in [-0.2, -0.15) is 0 Å².